The van der Waals surface area contributed by atoms with Crippen molar-refractivity contribution in [1.29, 1.82) is 5.26 Å². The summed E-state index contributed by atoms with van der Waals surface area (Å²) in [5.74, 6) is -1.90. The second-order valence-corrected chi connectivity index (χ2v) is 7.17. The van der Waals surface area contributed by atoms with E-state index < -0.39 is 12.1 Å². The summed E-state index contributed by atoms with van der Waals surface area (Å²) in [5, 5.41) is 17.0. The van der Waals surface area contributed by atoms with Crippen molar-refractivity contribution in [2.24, 2.45) is 0 Å². The van der Waals surface area contributed by atoms with E-state index in [2.05, 4.69) is 11.0 Å². The van der Waals surface area contributed by atoms with E-state index in [4.69, 9.17) is 19.3 Å². The quantitative estimate of drug-likeness (QED) is 0.508. The summed E-state index contributed by atoms with van der Waals surface area (Å²) in [7, 11) is 0. The normalized spacial score (nSPS) is 13.6. The van der Waals surface area contributed by atoms with Crippen LogP contribution in [0, 0.1) is 17.1 Å². The minimum absolute atomic E-state index is 0.356. The van der Waals surface area contributed by atoms with E-state index in [1.54, 1.807) is 36.6 Å². The smallest absolute Gasteiger partial charge is 0.475 e. The first kappa shape index (κ1) is 23.8. The average molecular weight is 461 g/mol. The number of aromatic nitrogens is 1. The van der Waals surface area contributed by atoms with Crippen LogP contribution in [0.5, 0.6) is 0 Å². The average Bonchev–Trinajstić information content (AvgIpc) is 3.34. The SMILES string of the molecule is N#Cc1c(-c2ccccc2F)cc(-c2ccco2)nc1N1CCCCC1.O=C(O)C(F)(F)F. The van der Waals surface area contributed by atoms with Crippen molar-refractivity contribution >= 4 is 11.8 Å². The van der Waals surface area contributed by atoms with Crippen molar-refractivity contribution < 1.29 is 31.9 Å². The summed E-state index contributed by atoms with van der Waals surface area (Å²) in [4.78, 5) is 15.7. The summed E-state index contributed by atoms with van der Waals surface area (Å²) in [5.41, 5.74) is 1.96. The topological polar surface area (TPSA) is 90.4 Å². The number of pyridine rings is 1. The number of piperidine rings is 1. The predicted octanol–water partition coefficient (Wildman–Crippen LogP) is 5.64. The van der Waals surface area contributed by atoms with Gasteiger partial charge in [-0.25, -0.2) is 14.2 Å². The number of rotatable bonds is 3. The molecule has 6 nitrogen and oxygen atoms in total. The fraction of sp³-hybridized carbons (Fsp3) is 0.261. The minimum Gasteiger partial charge on any atom is -0.475 e. The largest absolute Gasteiger partial charge is 0.490 e. The van der Waals surface area contributed by atoms with E-state index in [-0.39, 0.29) is 5.82 Å². The summed E-state index contributed by atoms with van der Waals surface area (Å²) in [6.45, 7) is 1.69. The van der Waals surface area contributed by atoms with Gasteiger partial charge in [0.2, 0.25) is 0 Å². The van der Waals surface area contributed by atoms with Gasteiger partial charge in [-0.2, -0.15) is 18.4 Å². The first-order valence-electron chi connectivity index (χ1n) is 10.0. The van der Waals surface area contributed by atoms with Gasteiger partial charge in [0.15, 0.2) is 5.76 Å². The molecule has 33 heavy (non-hydrogen) atoms. The summed E-state index contributed by atoms with van der Waals surface area (Å²) < 4.78 is 51.7. The molecule has 0 spiro atoms. The molecule has 1 aliphatic rings. The van der Waals surface area contributed by atoms with Gasteiger partial charge in [-0.15, -0.1) is 0 Å². The van der Waals surface area contributed by atoms with Crippen molar-refractivity contribution in [2.45, 2.75) is 25.4 Å². The molecule has 0 radical (unpaired) electrons. The molecule has 3 aromatic rings. The van der Waals surface area contributed by atoms with E-state index in [1.807, 2.05) is 6.07 Å². The number of aliphatic carboxylic acids is 1. The molecule has 2 aromatic heterocycles. The Morgan fingerprint density at radius 2 is 1.76 bits per heavy atom. The lowest BCUT2D eigenvalue weighted by atomic mass is 9.98. The Kier molecular flexibility index (Phi) is 7.33. The highest BCUT2D eigenvalue weighted by molar-refractivity contribution is 5.80. The maximum absolute atomic E-state index is 14.5. The Hall–Kier alpha value is -3.87. The molecule has 10 heteroatoms. The summed E-state index contributed by atoms with van der Waals surface area (Å²) in [6.07, 6.45) is -0.200. The van der Waals surface area contributed by atoms with Crippen LogP contribution in [0.15, 0.2) is 53.1 Å². The van der Waals surface area contributed by atoms with Gasteiger partial charge in [-0.1, -0.05) is 18.2 Å². The van der Waals surface area contributed by atoms with Gasteiger partial charge in [0.1, 0.15) is 29.0 Å². The van der Waals surface area contributed by atoms with E-state index in [9.17, 15) is 22.8 Å². The van der Waals surface area contributed by atoms with Crippen LogP contribution in [0.3, 0.4) is 0 Å². The number of hydrogen-bond donors (Lipinski definition) is 1. The Balaban J connectivity index is 0.000000383. The Morgan fingerprint density at radius 3 is 2.30 bits per heavy atom. The first-order valence-corrected chi connectivity index (χ1v) is 10.0. The molecule has 1 fully saturated rings. The van der Waals surface area contributed by atoms with Gasteiger partial charge in [0.05, 0.1) is 6.26 Å². The van der Waals surface area contributed by atoms with Crippen molar-refractivity contribution in [3.63, 3.8) is 0 Å². The molecule has 0 saturated carbocycles. The summed E-state index contributed by atoms with van der Waals surface area (Å²) in [6, 6.07) is 14.1. The Morgan fingerprint density at radius 1 is 1.09 bits per heavy atom. The van der Waals surface area contributed by atoms with E-state index in [0.29, 0.717) is 34.0 Å². The van der Waals surface area contributed by atoms with Crippen molar-refractivity contribution in [1.82, 2.24) is 4.98 Å². The maximum atomic E-state index is 14.5. The van der Waals surface area contributed by atoms with Crippen LogP contribution < -0.4 is 4.90 Å². The molecule has 4 rings (SSSR count). The van der Waals surface area contributed by atoms with Gasteiger partial charge >= 0.3 is 12.1 Å². The zero-order chi connectivity index (χ0) is 24.0. The molecule has 3 heterocycles. The third kappa shape index (κ3) is 5.68. The lowest BCUT2D eigenvalue weighted by Gasteiger charge is -2.29. The Labute approximate surface area is 186 Å². The monoisotopic (exact) mass is 461 g/mol. The lowest BCUT2D eigenvalue weighted by Crippen LogP contribution is -2.31. The molecule has 0 atom stereocenters. The number of carbonyl (C=O) groups is 1. The zero-order valence-electron chi connectivity index (χ0n) is 17.3. The number of halogens is 4. The zero-order valence-corrected chi connectivity index (χ0v) is 17.3. The molecule has 1 aromatic carbocycles. The maximum Gasteiger partial charge on any atom is 0.490 e. The number of carboxylic acids is 1. The molecule has 0 aliphatic carbocycles. The number of alkyl halides is 3. The molecular formula is C23H19F4N3O3. The fourth-order valence-corrected chi connectivity index (χ4v) is 3.42. The number of carboxylic acid groups (broad SMARTS) is 1. The molecule has 0 bridgehead atoms. The third-order valence-electron chi connectivity index (χ3n) is 4.95. The number of anilines is 1. The molecule has 1 saturated heterocycles. The standard InChI is InChI=1S/C21H18FN3O.C2HF3O2/c22-18-8-3-2-7-15(18)16-13-19(20-9-6-12-26-20)24-21(17(16)14-23)25-10-4-1-5-11-25;3-2(4,5)1(6)7/h2-3,6-9,12-13H,1,4-5,10-11H2;(H,6,7). The molecule has 1 N–H and O–H groups in total. The highest BCUT2D eigenvalue weighted by Gasteiger charge is 2.38. The van der Waals surface area contributed by atoms with Crippen LogP contribution in [0.2, 0.25) is 0 Å². The number of benzene rings is 1. The number of furan rings is 1. The number of nitrogens with zero attached hydrogens (tertiary/aromatic N) is 3. The molecule has 0 unspecified atom stereocenters. The summed E-state index contributed by atoms with van der Waals surface area (Å²) >= 11 is 0. The van der Waals surface area contributed by atoms with Crippen LogP contribution in [-0.4, -0.2) is 35.3 Å². The van der Waals surface area contributed by atoms with Crippen molar-refractivity contribution in [3.8, 4) is 28.7 Å². The van der Waals surface area contributed by atoms with Gasteiger partial charge in [0, 0.05) is 24.2 Å². The van der Waals surface area contributed by atoms with Gasteiger partial charge in [-0.3, -0.25) is 0 Å². The Bertz CT molecular complexity index is 1150. The predicted molar refractivity (Wildman–Crippen MR) is 112 cm³/mol. The van der Waals surface area contributed by atoms with Crippen LogP contribution in [0.1, 0.15) is 24.8 Å². The highest BCUT2D eigenvalue weighted by Crippen LogP contribution is 2.36. The number of hydrogen-bond acceptors (Lipinski definition) is 5. The van der Waals surface area contributed by atoms with Crippen molar-refractivity contribution in [3.05, 3.63) is 60.1 Å². The van der Waals surface area contributed by atoms with Crippen LogP contribution in [0.4, 0.5) is 23.4 Å². The second kappa shape index (κ2) is 10.2. The molecular weight excluding hydrogens is 442 g/mol. The van der Waals surface area contributed by atoms with Crippen LogP contribution >= 0.6 is 0 Å². The second-order valence-electron chi connectivity index (χ2n) is 7.17. The van der Waals surface area contributed by atoms with Crippen molar-refractivity contribution in [2.75, 3.05) is 18.0 Å². The molecule has 172 valence electrons. The van der Waals surface area contributed by atoms with Gasteiger partial charge in [-0.05, 0) is 43.5 Å². The van der Waals surface area contributed by atoms with Crippen LogP contribution in [0.25, 0.3) is 22.6 Å². The molecule has 0 amide bonds. The van der Waals surface area contributed by atoms with Gasteiger partial charge in [0.25, 0.3) is 0 Å². The fourth-order valence-electron chi connectivity index (χ4n) is 3.42. The third-order valence-corrected chi connectivity index (χ3v) is 4.95. The van der Waals surface area contributed by atoms with E-state index in [1.165, 1.54) is 12.5 Å². The van der Waals surface area contributed by atoms with E-state index in [0.717, 1.165) is 25.9 Å². The lowest BCUT2D eigenvalue weighted by molar-refractivity contribution is -0.192. The highest BCUT2D eigenvalue weighted by atomic mass is 19.4. The van der Waals surface area contributed by atoms with Crippen LogP contribution in [-0.2, 0) is 4.79 Å². The van der Waals surface area contributed by atoms with E-state index >= 15 is 0 Å². The first-order chi connectivity index (χ1) is 15.7. The minimum atomic E-state index is -5.08. The van der Waals surface area contributed by atoms with Gasteiger partial charge < -0.3 is 14.4 Å². The number of nitriles is 1. The molecule has 1 aliphatic heterocycles.